The summed E-state index contributed by atoms with van der Waals surface area (Å²) < 4.78 is 0. The van der Waals surface area contributed by atoms with Crippen LogP contribution < -0.4 is 0 Å². The highest BCUT2D eigenvalue weighted by molar-refractivity contribution is 5.34. The van der Waals surface area contributed by atoms with Crippen molar-refractivity contribution < 1.29 is 0 Å². The van der Waals surface area contributed by atoms with Gasteiger partial charge in [-0.25, -0.2) is 0 Å². The Morgan fingerprint density at radius 1 is 0.824 bits per heavy atom. The first-order chi connectivity index (χ1) is 8.15. The fraction of sp³-hybridized carbons (Fsp3) is 1.00. The number of hydrogen-bond acceptors (Lipinski definition) is 0. The Morgan fingerprint density at radius 2 is 1.59 bits per heavy atom. The minimum absolute atomic E-state index is 0.828. The smallest absolute Gasteiger partial charge is 0.0235 e. The van der Waals surface area contributed by atoms with Crippen molar-refractivity contribution in [3.63, 3.8) is 0 Å². The summed E-state index contributed by atoms with van der Waals surface area (Å²) in [5.74, 6) is 13.2. The summed E-state index contributed by atoms with van der Waals surface area (Å²) in [4.78, 5) is 0. The van der Waals surface area contributed by atoms with Crippen LogP contribution in [0.25, 0.3) is 0 Å². The van der Waals surface area contributed by atoms with Crippen LogP contribution in [0, 0.1) is 70.5 Å². The van der Waals surface area contributed by atoms with E-state index in [4.69, 9.17) is 0 Å². The van der Waals surface area contributed by atoms with Gasteiger partial charge in [0.05, 0.1) is 0 Å². The largest absolute Gasteiger partial charge is 0.0622 e. The molecular formula is C17H24. The third-order valence-corrected chi connectivity index (χ3v) is 9.44. The van der Waals surface area contributed by atoms with Gasteiger partial charge in [0.15, 0.2) is 0 Å². The van der Waals surface area contributed by atoms with E-state index in [0.29, 0.717) is 0 Å². The van der Waals surface area contributed by atoms with Crippen LogP contribution in [-0.4, -0.2) is 0 Å². The van der Waals surface area contributed by atoms with Crippen LogP contribution in [0.4, 0.5) is 0 Å². The Kier molecular flexibility index (Phi) is 1.13. The first kappa shape index (κ1) is 8.99. The van der Waals surface area contributed by atoms with Crippen LogP contribution in [0.3, 0.4) is 0 Å². The van der Waals surface area contributed by atoms with Crippen molar-refractivity contribution in [2.45, 2.75) is 33.6 Å². The molecule has 0 aliphatic heterocycles. The van der Waals surface area contributed by atoms with Crippen molar-refractivity contribution in [2.75, 3.05) is 0 Å². The molecule has 0 aromatic heterocycles. The Hall–Kier alpha value is 0. The molecule has 12 unspecified atom stereocenters. The number of fused-ring (bicyclic) bond motifs is 13. The van der Waals surface area contributed by atoms with Crippen LogP contribution in [0.1, 0.15) is 33.6 Å². The average molecular weight is 228 g/mol. The lowest BCUT2D eigenvalue weighted by Gasteiger charge is -2.92. The zero-order valence-electron chi connectivity index (χ0n) is 11.3. The first-order valence-corrected chi connectivity index (χ1v) is 8.15. The van der Waals surface area contributed by atoms with E-state index in [0.717, 1.165) is 17.3 Å². The highest BCUT2D eigenvalue weighted by atomic mass is 14.9. The molecule has 92 valence electrons. The molecule has 0 aromatic carbocycles. The molecule has 0 spiro atoms. The van der Waals surface area contributed by atoms with Gasteiger partial charge >= 0.3 is 0 Å². The highest BCUT2D eigenvalue weighted by Gasteiger charge is 2.87. The van der Waals surface area contributed by atoms with Gasteiger partial charge in [-0.2, -0.15) is 0 Å². The normalized spacial score (nSPS) is 84.5. The van der Waals surface area contributed by atoms with E-state index in [2.05, 4.69) is 20.8 Å². The van der Waals surface area contributed by atoms with E-state index >= 15 is 0 Å². The summed E-state index contributed by atoms with van der Waals surface area (Å²) in [6, 6.07) is 0. The lowest BCUT2D eigenvalue weighted by atomic mass is 9.12. The molecule has 12 atom stereocenters. The minimum atomic E-state index is 0.828. The standard InChI is InChI=1S/C17H24/c1-6-4-8-10(6)13-11(8)14-12-9-5-7(2)17(9,3)16(12)15(13)14/h6-16H,4-5H2,1-3H3. The molecule has 0 radical (unpaired) electrons. The maximum atomic E-state index is 2.65. The van der Waals surface area contributed by atoms with E-state index in [1.807, 2.05) is 0 Å². The highest BCUT2D eigenvalue weighted by Crippen LogP contribution is 2.91. The van der Waals surface area contributed by atoms with E-state index in [-0.39, 0.29) is 0 Å². The van der Waals surface area contributed by atoms with Gasteiger partial charge in [0.25, 0.3) is 0 Å². The third kappa shape index (κ3) is 0.573. The lowest BCUT2D eigenvalue weighted by Crippen LogP contribution is -2.88. The fourth-order valence-electron chi connectivity index (χ4n) is 8.68. The van der Waals surface area contributed by atoms with Crippen molar-refractivity contribution in [1.82, 2.24) is 0 Å². The van der Waals surface area contributed by atoms with Crippen LogP contribution >= 0.6 is 0 Å². The SMILES string of the molecule is CC1CC2C1C1C2C2C1C1C2C2CC(C)C21C. The molecule has 0 bridgehead atoms. The van der Waals surface area contributed by atoms with Gasteiger partial charge in [0.2, 0.25) is 0 Å². The maximum absolute atomic E-state index is 2.65. The Labute approximate surface area is 105 Å². The third-order valence-electron chi connectivity index (χ3n) is 9.44. The molecular weight excluding hydrogens is 204 g/mol. The average Bonchev–Trinajstić information content (AvgIpc) is 2.28. The van der Waals surface area contributed by atoms with Crippen LogP contribution in [0.2, 0.25) is 0 Å². The zero-order chi connectivity index (χ0) is 11.3. The molecule has 0 N–H and O–H groups in total. The molecule has 6 fully saturated rings. The summed E-state index contributed by atoms with van der Waals surface area (Å²) in [6.07, 6.45) is 3.19. The zero-order valence-corrected chi connectivity index (χ0v) is 11.3. The van der Waals surface area contributed by atoms with E-state index in [9.17, 15) is 0 Å². The number of rotatable bonds is 0. The van der Waals surface area contributed by atoms with Gasteiger partial charge < -0.3 is 0 Å². The molecule has 0 heterocycles. The Balaban J connectivity index is 1.35. The van der Waals surface area contributed by atoms with Crippen LogP contribution in [0.5, 0.6) is 0 Å². The predicted octanol–water partition coefficient (Wildman–Crippen LogP) is 3.67. The minimum Gasteiger partial charge on any atom is -0.0622 e. The quantitative estimate of drug-likeness (QED) is 0.555. The van der Waals surface area contributed by atoms with E-state index < -0.39 is 0 Å². The molecule has 17 heavy (non-hydrogen) atoms. The predicted molar refractivity (Wildman–Crippen MR) is 67.1 cm³/mol. The summed E-state index contributed by atoms with van der Waals surface area (Å²) in [5, 5.41) is 0. The molecule has 0 amide bonds. The maximum Gasteiger partial charge on any atom is -0.0235 e. The van der Waals surface area contributed by atoms with Crippen LogP contribution in [0.15, 0.2) is 0 Å². The van der Waals surface area contributed by atoms with Crippen molar-refractivity contribution in [2.24, 2.45) is 70.5 Å². The second kappa shape index (κ2) is 2.14. The summed E-state index contributed by atoms with van der Waals surface area (Å²) in [6.45, 7) is 7.71. The number of hydrogen-bond donors (Lipinski definition) is 0. The summed E-state index contributed by atoms with van der Waals surface area (Å²) >= 11 is 0. The summed E-state index contributed by atoms with van der Waals surface area (Å²) in [5.41, 5.74) is 0.828. The molecule has 6 aliphatic rings. The Morgan fingerprint density at radius 3 is 2.29 bits per heavy atom. The van der Waals surface area contributed by atoms with Gasteiger partial charge in [-0.1, -0.05) is 20.8 Å². The molecule has 0 nitrogen and oxygen atoms in total. The van der Waals surface area contributed by atoms with Crippen molar-refractivity contribution in [1.29, 1.82) is 0 Å². The second-order valence-electron chi connectivity index (χ2n) is 8.98. The van der Waals surface area contributed by atoms with Crippen molar-refractivity contribution in [3.05, 3.63) is 0 Å². The topological polar surface area (TPSA) is 0 Å². The van der Waals surface area contributed by atoms with E-state index in [1.54, 1.807) is 12.8 Å². The van der Waals surface area contributed by atoms with Gasteiger partial charge in [0.1, 0.15) is 0 Å². The molecule has 6 aliphatic carbocycles. The van der Waals surface area contributed by atoms with E-state index in [1.165, 1.54) is 53.3 Å². The van der Waals surface area contributed by atoms with Crippen molar-refractivity contribution >= 4 is 0 Å². The second-order valence-corrected chi connectivity index (χ2v) is 8.98. The fourth-order valence-corrected chi connectivity index (χ4v) is 8.68. The molecule has 0 aromatic rings. The van der Waals surface area contributed by atoms with Gasteiger partial charge in [0, 0.05) is 0 Å². The monoisotopic (exact) mass is 228 g/mol. The van der Waals surface area contributed by atoms with Crippen LogP contribution in [-0.2, 0) is 0 Å². The van der Waals surface area contributed by atoms with Gasteiger partial charge in [-0.3, -0.25) is 0 Å². The van der Waals surface area contributed by atoms with Gasteiger partial charge in [-0.05, 0) is 83.4 Å². The molecule has 0 saturated heterocycles. The van der Waals surface area contributed by atoms with Gasteiger partial charge in [-0.15, -0.1) is 0 Å². The molecule has 0 heteroatoms. The lowest BCUT2D eigenvalue weighted by molar-refractivity contribution is -0.452. The summed E-state index contributed by atoms with van der Waals surface area (Å²) in [7, 11) is 0. The molecule has 6 rings (SSSR count). The molecule has 6 saturated carbocycles. The van der Waals surface area contributed by atoms with Crippen molar-refractivity contribution in [3.8, 4) is 0 Å². The first-order valence-electron chi connectivity index (χ1n) is 8.15. The Bertz CT molecular complexity index is 433.